The average molecular weight is 238 g/mol. The van der Waals surface area contributed by atoms with E-state index in [1.54, 1.807) is 0 Å². The number of oxazole rings is 1. The number of rotatable bonds is 1. The van der Waals surface area contributed by atoms with E-state index >= 15 is 0 Å². The Morgan fingerprint density at radius 2 is 1.89 bits per heavy atom. The Morgan fingerprint density at radius 1 is 1.06 bits per heavy atom. The topological polar surface area (TPSA) is 52.0 Å². The van der Waals surface area contributed by atoms with E-state index in [0.717, 1.165) is 33.5 Å². The SMILES string of the molecule is Cc1cc(N)ccc1-c1nc2cccc(C)c2o1. The third kappa shape index (κ3) is 1.64. The third-order valence-electron chi connectivity index (χ3n) is 3.09. The first kappa shape index (κ1) is 10.8. The molecule has 3 heteroatoms. The minimum absolute atomic E-state index is 0.650. The van der Waals surface area contributed by atoms with Crippen LogP contribution in [0.1, 0.15) is 11.1 Å². The molecule has 90 valence electrons. The summed E-state index contributed by atoms with van der Waals surface area (Å²) in [7, 11) is 0. The van der Waals surface area contributed by atoms with E-state index in [9.17, 15) is 0 Å². The van der Waals surface area contributed by atoms with Crippen molar-refractivity contribution >= 4 is 16.8 Å². The van der Waals surface area contributed by atoms with Crippen LogP contribution < -0.4 is 5.73 Å². The molecule has 2 N–H and O–H groups in total. The Morgan fingerprint density at radius 3 is 2.61 bits per heavy atom. The highest BCUT2D eigenvalue weighted by atomic mass is 16.3. The molecule has 0 unspecified atom stereocenters. The van der Waals surface area contributed by atoms with E-state index in [0.29, 0.717) is 5.89 Å². The van der Waals surface area contributed by atoms with Crippen LogP contribution in [0.4, 0.5) is 5.69 Å². The summed E-state index contributed by atoms with van der Waals surface area (Å²) in [6.07, 6.45) is 0. The van der Waals surface area contributed by atoms with Gasteiger partial charge < -0.3 is 10.2 Å². The Balaban J connectivity index is 2.23. The molecule has 0 atom stereocenters. The van der Waals surface area contributed by atoms with Crippen molar-refractivity contribution in [3.63, 3.8) is 0 Å². The molecule has 0 aliphatic heterocycles. The second kappa shape index (κ2) is 3.88. The van der Waals surface area contributed by atoms with Crippen LogP contribution in [0.3, 0.4) is 0 Å². The predicted octanol–water partition coefficient (Wildman–Crippen LogP) is 3.69. The van der Waals surface area contributed by atoms with E-state index in [4.69, 9.17) is 10.2 Å². The van der Waals surface area contributed by atoms with Gasteiger partial charge in [-0.1, -0.05) is 12.1 Å². The summed E-state index contributed by atoms with van der Waals surface area (Å²) in [4.78, 5) is 4.53. The first-order chi connectivity index (χ1) is 8.65. The zero-order chi connectivity index (χ0) is 12.7. The van der Waals surface area contributed by atoms with Crippen LogP contribution in [-0.2, 0) is 0 Å². The number of aryl methyl sites for hydroxylation is 2. The molecular weight excluding hydrogens is 224 g/mol. The normalized spacial score (nSPS) is 11.0. The Labute approximate surface area is 105 Å². The second-order valence-electron chi connectivity index (χ2n) is 4.52. The summed E-state index contributed by atoms with van der Waals surface area (Å²) >= 11 is 0. The predicted molar refractivity (Wildman–Crippen MR) is 73.3 cm³/mol. The maximum atomic E-state index is 5.85. The van der Waals surface area contributed by atoms with Crippen molar-refractivity contribution in [1.29, 1.82) is 0 Å². The van der Waals surface area contributed by atoms with Crippen molar-refractivity contribution in [3.8, 4) is 11.5 Å². The van der Waals surface area contributed by atoms with E-state index in [1.807, 2.05) is 50.2 Å². The Bertz CT molecular complexity index is 728. The van der Waals surface area contributed by atoms with Crippen molar-refractivity contribution < 1.29 is 4.42 Å². The number of hydrogen-bond donors (Lipinski definition) is 1. The van der Waals surface area contributed by atoms with Crippen LogP contribution in [-0.4, -0.2) is 4.98 Å². The molecule has 1 heterocycles. The number of hydrogen-bond acceptors (Lipinski definition) is 3. The highest BCUT2D eigenvalue weighted by molar-refractivity contribution is 5.79. The summed E-state index contributed by atoms with van der Waals surface area (Å²) in [6.45, 7) is 4.03. The quantitative estimate of drug-likeness (QED) is 0.658. The number of benzene rings is 2. The molecule has 1 aromatic heterocycles. The minimum Gasteiger partial charge on any atom is -0.436 e. The molecule has 0 spiro atoms. The summed E-state index contributed by atoms with van der Waals surface area (Å²) in [5.41, 5.74) is 11.4. The van der Waals surface area contributed by atoms with Crippen molar-refractivity contribution in [2.45, 2.75) is 13.8 Å². The van der Waals surface area contributed by atoms with E-state index in [1.165, 1.54) is 0 Å². The molecule has 0 saturated heterocycles. The van der Waals surface area contributed by atoms with Gasteiger partial charge in [-0.05, 0) is 49.2 Å². The van der Waals surface area contributed by atoms with Crippen LogP contribution in [0.25, 0.3) is 22.6 Å². The number of nitrogens with two attached hydrogens (primary N) is 1. The molecule has 0 amide bonds. The van der Waals surface area contributed by atoms with Gasteiger partial charge in [0.05, 0.1) is 0 Å². The molecule has 3 nitrogen and oxygen atoms in total. The molecule has 0 fully saturated rings. The fourth-order valence-corrected chi connectivity index (χ4v) is 2.13. The smallest absolute Gasteiger partial charge is 0.227 e. The summed E-state index contributed by atoms with van der Waals surface area (Å²) < 4.78 is 5.85. The molecule has 0 aliphatic rings. The van der Waals surface area contributed by atoms with Crippen molar-refractivity contribution in [3.05, 3.63) is 47.5 Å². The van der Waals surface area contributed by atoms with Gasteiger partial charge in [0.2, 0.25) is 5.89 Å². The molecule has 0 radical (unpaired) electrons. The zero-order valence-electron chi connectivity index (χ0n) is 10.4. The largest absolute Gasteiger partial charge is 0.436 e. The monoisotopic (exact) mass is 238 g/mol. The lowest BCUT2D eigenvalue weighted by molar-refractivity contribution is 0.617. The number of fused-ring (bicyclic) bond motifs is 1. The summed E-state index contributed by atoms with van der Waals surface area (Å²) in [5.74, 6) is 0.650. The number of para-hydroxylation sites is 1. The number of nitrogens with zero attached hydrogens (tertiary/aromatic N) is 1. The van der Waals surface area contributed by atoms with Crippen LogP contribution in [0, 0.1) is 13.8 Å². The molecular formula is C15H14N2O. The van der Waals surface area contributed by atoms with E-state index in [2.05, 4.69) is 4.98 Å². The number of aromatic nitrogens is 1. The first-order valence-electron chi connectivity index (χ1n) is 5.88. The number of anilines is 1. The minimum atomic E-state index is 0.650. The van der Waals surface area contributed by atoms with Crippen molar-refractivity contribution in [2.24, 2.45) is 0 Å². The average Bonchev–Trinajstić information content (AvgIpc) is 2.74. The van der Waals surface area contributed by atoms with Gasteiger partial charge in [-0.15, -0.1) is 0 Å². The summed E-state index contributed by atoms with van der Waals surface area (Å²) in [5, 5.41) is 0. The van der Waals surface area contributed by atoms with Crippen molar-refractivity contribution in [2.75, 3.05) is 5.73 Å². The maximum absolute atomic E-state index is 5.85. The van der Waals surface area contributed by atoms with Gasteiger partial charge in [-0.3, -0.25) is 0 Å². The molecule has 0 aliphatic carbocycles. The van der Waals surface area contributed by atoms with E-state index < -0.39 is 0 Å². The second-order valence-corrected chi connectivity index (χ2v) is 4.52. The standard InChI is InChI=1S/C15H14N2O/c1-9-4-3-5-13-14(9)18-15(17-13)12-7-6-11(16)8-10(12)2/h3-8H,16H2,1-2H3. The highest BCUT2D eigenvalue weighted by Crippen LogP contribution is 2.29. The first-order valence-corrected chi connectivity index (χ1v) is 5.88. The lowest BCUT2D eigenvalue weighted by atomic mass is 10.1. The van der Waals surface area contributed by atoms with Gasteiger partial charge >= 0.3 is 0 Å². The van der Waals surface area contributed by atoms with Crippen LogP contribution in [0.15, 0.2) is 40.8 Å². The lowest BCUT2D eigenvalue weighted by Crippen LogP contribution is -1.88. The van der Waals surface area contributed by atoms with Crippen LogP contribution in [0.5, 0.6) is 0 Å². The van der Waals surface area contributed by atoms with Gasteiger partial charge in [0.1, 0.15) is 5.52 Å². The number of nitrogen functional groups attached to an aromatic ring is 1. The molecule has 18 heavy (non-hydrogen) atoms. The highest BCUT2D eigenvalue weighted by Gasteiger charge is 2.11. The lowest BCUT2D eigenvalue weighted by Gasteiger charge is -2.01. The Kier molecular flexibility index (Phi) is 2.33. The maximum Gasteiger partial charge on any atom is 0.227 e. The van der Waals surface area contributed by atoms with Gasteiger partial charge in [0.25, 0.3) is 0 Å². The molecule has 3 aromatic rings. The van der Waals surface area contributed by atoms with Crippen LogP contribution in [0.2, 0.25) is 0 Å². The fourth-order valence-electron chi connectivity index (χ4n) is 2.13. The van der Waals surface area contributed by atoms with Gasteiger partial charge in [-0.2, -0.15) is 0 Å². The Hall–Kier alpha value is -2.29. The van der Waals surface area contributed by atoms with Crippen molar-refractivity contribution in [1.82, 2.24) is 4.98 Å². The van der Waals surface area contributed by atoms with Gasteiger partial charge in [0, 0.05) is 11.3 Å². The van der Waals surface area contributed by atoms with Crippen LogP contribution >= 0.6 is 0 Å². The molecule has 0 bridgehead atoms. The molecule has 0 saturated carbocycles. The fraction of sp³-hybridized carbons (Fsp3) is 0.133. The molecule has 2 aromatic carbocycles. The molecule has 3 rings (SSSR count). The van der Waals surface area contributed by atoms with Gasteiger partial charge in [-0.25, -0.2) is 4.98 Å². The third-order valence-corrected chi connectivity index (χ3v) is 3.09. The van der Waals surface area contributed by atoms with Gasteiger partial charge in [0.15, 0.2) is 5.58 Å². The summed E-state index contributed by atoms with van der Waals surface area (Å²) in [6, 6.07) is 11.7. The zero-order valence-corrected chi connectivity index (χ0v) is 10.4. The van der Waals surface area contributed by atoms with E-state index in [-0.39, 0.29) is 0 Å².